The summed E-state index contributed by atoms with van der Waals surface area (Å²) in [5.41, 5.74) is 2.69. The van der Waals surface area contributed by atoms with Gasteiger partial charge in [0.2, 0.25) is 0 Å². The quantitative estimate of drug-likeness (QED) is 0.664. The summed E-state index contributed by atoms with van der Waals surface area (Å²) in [7, 11) is 0. The zero-order valence-electron chi connectivity index (χ0n) is 14.4. The Morgan fingerprint density at radius 2 is 2.24 bits per heavy atom. The van der Waals surface area contributed by atoms with Gasteiger partial charge in [0.25, 0.3) is 5.69 Å². The Morgan fingerprint density at radius 3 is 2.88 bits per heavy atom. The lowest BCUT2D eigenvalue weighted by Crippen LogP contribution is -2.41. The van der Waals surface area contributed by atoms with Gasteiger partial charge in [-0.2, -0.15) is 0 Å². The van der Waals surface area contributed by atoms with Crippen molar-refractivity contribution in [2.45, 2.75) is 26.5 Å². The maximum absolute atomic E-state index is 10.9. The molecule has 0 saturated carbocycles. The van der Waals surface area contributed by atoms with E-state index in [0.717, 1.165) is 36.8 Å². The molecule has 25 heavy (non-hydrogen) atoms. The van der Waals surface area contributed by atoms with E-state index in [2.05, 4.69) is 22.1 Å². The maximum Gasteiger partial charge on any atom is 0.272 e. The highest BCUT2D eigenvalue weighted by Gasteiger charge is 2.17. The second kappa shape index (κ2) is 7.48. The van der Waals surface area contributed by atoms with Crippen LogP contribution in [0.1, 0.15) is 18.1 Å². The molecule has 1 saturated heterocycles. The second-order valence-corrected chi connectivity index (χ2v) is 6.26. The van der Waals surface area contributed by atoms with Crippen LogP contribution in [0.15, 0.2) is 36.5 Å². The van der Waals surface area contributed by atoms with E-state index in [4.69, 9.17) is 4.74 Å². The second-order valence-electron chi connectivity index (χ2n) is 6.26. The third kappa shape index (κ3) is 4.24. The number of rotatable bonds is 5. The summed E-state index contributed by atoms with van der Waals surface area (Å²) in [5, 5.41) is 14.1. The average Bonchev–Trinajstić information content (AvgIpc) is 2.60. The minimum absolute atomic E-state index is 0.135. The van der Waals surface area contributed by atoms with Crippen molar-refractivity contribution in [3.8, 4) is 0 Å². The van der Waals surface area contributed by atoms with Crippen molar-refractivity contribution in [2.75, 3.05) is 29.9 Å². The molecule has 0 bridgehead atoms. The van der Waals surface area contributed by atoms with Crippen molar-refractivity contribution < 1.29 is 9.66 Å². The van der Waals surface area contributed by atoms with E-state index in [1.807, 2.05) is 18.3 Å². The van der Waals surface area contributed by atoms with E-state index in [0.29, 0.717) is 12.1 Å². The lowest BCUT2D eigenvalue weighted by molar-refractivity contribution is -0.385. The number of nitro benzene ring substituents is 1. The third-order valence-electron chi connectivity index (χ3n) is 4.26. The topological polar surface area (TPSA) is 80.5 Å². The van der Waals surface area contributed by atoms with Gasteiger partial charge in [-0.3, -0.25) is 10.1 Å². The maximum atomic E-state index is 10.9. The predicted octanol–water partition coefficient (Wildman–Crippen LogP) is 3.14. The summed E-state index contributed by atoms with van der Waals surface area (Å²) in [6.07, 6.45) is 2.09. The van der Waals surface area contributed by atoms with Gasteiger partial charge in [-0.25, -0.2) is 4.98 Å². The molecule has 7 heteroatoms. The number of nitrogens with zero attached hydrogens (tertiary/aromatic N) is 3. The molecule has 0 amide bonds. The first-order valence-electron chi connectivity index (χ1n) is 8.33. The van der Waals surface area contributed by atoms with E-state index in [1.54, 1.807) is 19.1 Å². The highest BCUT2D eigenvalue weighted by Crippen LogP contribution is 2.22. The number of morpholine rings is 1. The van der Waals surface area contributed by atoms with Gasteiger partial charge < -0.3 is 15.0 Å². The molecule has 1 aromatic heterocycles. The number of hydrogen-bond acceptors (Lipinski definition) is 6. The molecule has 1 N–H and O–H groups in total. The largest absolute Gasteiger partial charge is 0.381 e. The van der Waals surface area contributed by atoms with Crippen LogP contribution < -0.4 is 10.2 Å². The molecule has 1 fully saturated rings. The molecule has 7 nitrogen and oxygen atoms in total. The van der Waals surface area contributed by atoms with Crippen LogP contribution in [0.3, 0.4) is 0 Å². The van der Waals surface area contributed by atoms with E-state index in [1.165, 1.54) is 6.07 Å². The number of nitro groups is 1. The van der Waals surface area contributed by atoms with E-state index >= 15 is 0 Å². The summed E-state index contributed by atoms with van der Waals surface area (Å²) in [6.45, 7) is 6.86. The van der Waals surface area contributed by atoms with E-state index < -0.39 is 0 Å². The van der Waals surface area contributed by atoms with Crippen molar-refractivity contribution in [1.82, 2.24) is 4.98 Å². The summed E-state index contributed by atoms with van der Waals surface area (Å²) in [5.74, 6) is 0.963. The molecule has 3 rings (SSSR count). The van der Waals surface area contributed by atoms with Gasteiger partial charge in [0.15, 0.2) is 0 Å². The van der Waals surface area contributed by atoms with Gasteiger partial charge >= 0.3 is 0 Å². The molecule has 0 spiro atoms. The Balaban J connectivity index is 1.60. The van der Waals surface area contributed by atoms with Crippen molar-refractivity contribution >= 4 is 17.2 Å². The van der Waals surface area contributed by atoms with Crippen LogP contribution >= 0.6 is 0 Å². The van der Waals surface area contributed by atoms with Crippen LogP contribution in [0.4, 0.5) is 17.2 Å². The van der Waals surface area contributed by atoms with Crippen molar-refractivity contribution in [2.24, 2.45) is 0 Å². The van der Waals surface area contributed by atoms with Crippen molar-refractivity contribution in [3.63, 3.8) is 0 Å². The Bertz CT molecular complexity index is 748. The molecule has 0 aliphatic carbocycles. The Kier molecular flexibility index (Phi) is 5.14. The predicted molar refractivity (Wildman–Crippen MR) is 97.0 cm³/mol. The fraction of sp³-hybridized carbons (Fsp3) is 0.389. The molecule has 2 heterocycles. The van der Waals surface area contributed by atoms with E-state index in [-0.39, 0.29) is 16.7 Å². The Labute approximate surface area is 146 Å². The summed E-state index contributed by atoms with van der Waals surface area (Å²) in [4.78, 5) is 17.3. The molecule has 1 aliphatic heterocycles. The van der Waals surface area contributed by atoms with Gasteiger partial charge in [0.05, 0.1) is 17.6 Å². The number of aryl methyl sites for hydroxylation is 1. The first-order chi connectivity index (χ1) is 12.0. The number of aromatic nitrogens is 1. The summed E-state index contributed by atoms with van der Waals surface area (Å²) < 4.78 is 5.55. The molecule has 1 aliphatic rings. The number of pyridine rings is 1. The molecule has 1 aromatic carbocycles. The fourth-order valence-electron chi connectivity index (χ4n) is 2.91. The smallest absolute Gasteiger partial charge is 0.272 e. The number of benzene rings is 1. The van der Waals surface area contributed by atoms with E-state index in [9.17, 15) is 10.1 Å². The average molecular weight is 342 g/mol. The van der Waals surface area contributed by atoms with Crippen LogP contribution in [0.25, 0.3) is 0 Å². The first kappa shape index (κ1) is 17.2. The standard InChI is InChI=1S/C18H22N4O3/c1-13-9-16(4-5-17(13)22(23)24)19-10-15-3-6-18(20-11-15)21-7-8-25-14(2)12-21/h3-6,9,11,14,19H,7-8,10,12H2,1-2H3/t14-/m1/s1. The van der Waals surface area contributed by atoms with Gasteiger partial charge in [-0.05, 0) is 37.6 Å². The molecular weight excluding hydrogens is 320 g/mol. The monoisotopic (exact) mass is 342 g/mol. The van der Waals surface area contributed by atoms with Crippen LogP contribution in [0, 0.1) is 17.0 Å². The fourth-order valence-corrected chi connectivity index (χ4v) is 2.91. The normalized spacial score (nSPS) is 17.4. The number of ether oxygens (including phenoxy) is 1. The van der Waals surface area contributed by atoms with Gasteiger partial charge in [0.1, 0.15) is 5.82 Å². The van der Waals surface area contributed by atoms with Gasteiger partial charge in [-0.15, -0.1) is 0 Å². The van der Waals surface area contributed by atoms with Crippen LogP contribution in [0.2, 0.25) is 0 Å². The number of anilines is 2. The lowest BCUT2D eigenvalue weighted by atomic mass is 10.1. The van der Waals surface area contributed by atoms with Crippen molar-refractivity contribution in [3.05, 3.63) is 57.8 Å². The zero-order valence-corrected chi connectivity index (χ0v) is 14.4. The molecule has 132 valence electrons. The Hall–Kier alpha value is -2.67. The SMILES string of the molecule is Cc1cc(NCc2ccc(N3CCO[C@H](C)C3)nc2)ccc1[N+](=O)[O-]. The van der Waals surface area contributed by atoms with Crippen LogP contribution in [-0.2, 0) is 11.3 Å². The molecule has 0 unspecified atom stereocenters. The summed E-state index contributed by atoms with van der Waals surface area (Å²) in [6, 6.07) is 9.11. The number of hydrogen-bond donors (Lipinski definition) is 1. The Morgan fingerprint density at radius 1 is 1.40 bits per heavy atom. The lowest BCUT2D eigenvalue weighted by Gasteiger charge is -2.32. The zero-order chi connectivity index (χ0) is 17.8. The van der Waals surface area contributed by atoms with Gasteiger partial charge in [-0.1, -0.05) is 6.07 Å². The minimum Gasteiger partial charge on any atom is -0.381 e. The van der Waals surface area contributed by atoms with Crippen molar-refractivity contribution in [1.29, 1.82) is 0 Å². The highest BCUT2D eigenvalue weighted by molar-refractivity contribution is 5.53. The molecule has 1 atom stereocenters. The van der Waals surface area contributed by atoms with Crippen LogP contribution in [0.5, 0.6) is 0 Å². The first-order valence-corrected chi connectivity index (χ1v) is 8.33. The molecule has 0 radical (unpaired) electrons. The number of nitrogens with one attached hydrogen (secondary N) is 1. The highest BCUT2D eigenvalue weighted by atomic mass is 16.6. The van der Waals surface area contributed by atoms with Gasteiger partial charge in [0, 0.05) is 43.1 Å². The molecular formula is C18H22N4O3. The third-order valence-corrected chi connectivity index (χ3v) is 4.26. The summed E-state index contributed by atoms with van der Waals surface area (Å²) >= 11 is 0. The minimum atomic E-state index is -0.367. The molecule has 2 aromatic rings. The van der Waals surface area contributed by atoms with Crippen LogP contribution in [-0.4, -0.2) is 35.7 Å².